The number of nitrogens with zero attached hydrogens (tertiary/aromatic N) is 1. The Morgan fingerprint density at radius 1 is 1.56 bits per heavy atom. The molecule has 0 bridgehead atoms. The first-order chi connectivity index (χ1) is 8.52. The molecule has 0 amide bonds. The zero-order chi connectivity index (χ0) is 13.3. The number of rotatable bonds is 2. The van der Waals surface area contributed by atoms with E-state index >= 15 is 0 Å². The predicted octanol–water partition coefficient (Wildman–Crippen LogP) is 1.54. The number of carbonyl (C=O) groups is 1. The third kappa shape index (κ3) is 2.06. The van der Waals surface area contributed by atoms with E-state index in [0.29, 0.717) is 0 Å². The summed E-state index contributed by atoms with van der Waals surface area (Å²) in [6.45, 7) is 1.99. The standard InChI is InChI=1S/C11H11NO6/c1-6-5-17-10-8(12(14)15)3-7(11(13)16-2)4-9(10)18-6/h3-4,6H,5H2,1-2H3. The first-order valence-electron chi connectivity index (χ1n) is 5.23. The molecule has 18 heavy (non-hydrogen) atoms. The Labute approximate surface area is 102 Å². The second-order valence-electron chi connectivity index (χ2n) is 3.81. The fourth-order valence-electron chi connectivity index (χ4n) is 1.64. The number of methoxy groups -OCH3 is 1. The van der Waals surface area contributed by atoms with Crippen molar-refractivity contribution in [3.63, 3.8) is 0 Å². The van der Waals surface area contributed by atoms with Crippen LogP contribution in [0.1, 0.15) is 17.3 Å². The topological polar surface area (TPSA) is 87.9 Å². The van der Waals surface area contributed by atoms with Gasteiger partial charge in [0, 0.05) is 6.07 Å². The van der Waals surface area contributed by atoms with E-state index in [4.69, 9.17) is 9.47 Å². The predicted molar refractivity (Wildman–Crippen MR) is 60.0 cm³/mol. The molecule has 0 saturated heterocycles. The van der Waals surface area contributed by atoms with Gasteiger partial charge in [0.2, 0.25) is 5.75 Å². The smallest absolute Gasteiger partial charge is 0.338 e. The summed E-state index contributed by atoms with van der Waals surface area (Å²) in [4.78, 5) is 21.7. The molecule has 1 aromatic carbocycles. The van der Waals surface area contributed by atoms with Crippen LogP contribution in [-0.2, 0) is 4.74 Å². The maximum atomic E-state index is 11.4. The largest absolute Gasteiger partial charge is 0.483 e. The third-order valence-corrected chi connectivity index (χ3v) is 2.44. The molecule has 0 aliphatic carbocycles. The van der Waals surface area contributed by atoms with Crippen LogP contribution >= 0.6 is 0 Å². The molecule has 1 atom stereocenters. The fraction of sp³-hybridized carbons (Fsp3) is 0.364. The Balaban J connectivity index is 2.55. The van der Waals surface area contributed by atoms with Gasteiger partial charge in [-0.05, 0) is 13.0 Å². The van der Waals surface area contributed by atoms with Crippen LogP contribution in [0.4, 0.5) is 5.69 Å². The van der Waals surface area contributed by atoms with E-state index in [1.807, 2.05) is 0 Å². The summed E-state index contributed by atoms with van der Waals surface area (Å²) < 4.78 is 15.2. The molecule has 1 aromatic rings. The third-order valence-electron chi connectivity index (χ3n) is 2.44. The molecule has 0 aromatic heterocycles. The highest BCUT2D eigenvalue weighted by Crippen LogP contribution is 2.41. The van der Waals surface area contributed by atoms with E-state index in [2.05, 4.69) is 4.74 Å². The van der Waals surface area contributed by atoms with Gasteiger partial charge in [0.15, 0.2) is 5.75 Å². The normalized spacial score (nSPS) is 17.1. The van der Waals surface area contributed by atoms with E-state index in [1.165, 1.54) is 13.2 Å². The maximum absolute atomic E-state index is 11.4. The summed E-state index contributed by atoms with van der Waals surface area (Å²) in [6, 6.07) is 2.49. The number of fused-ring (bicyclic) bond motifs is 1. The zero-order valence-corrected chi connectivity index (χ0v) is 9.84. The fourth-order valence-corrected chi connectivity index (χ4v) is 1.64. The van der Waals surface area contributed by atoms with Gasteiger partial charge >= 0.3 is 11.7 Å². The Kier molecular flexibility index (Phi) is 3.05. The summed E-state index contributed by atoms with van der Waals surface area (Å²) in [5, 5.41) is 10.9. The number of ether oxygens (including phenoxy) is 3. The minimum Gasteiger partial charge on any atom is -0.483 e. The molecule has 7 nitrogen and oxygen atoms in total. The molecule has 0 radical (unpaired) electrons. The number of carbonyl (C=O) groups excluding carboxylic acids is 1. The van der Waals surface area contributed by atoms with E-state index in [-0.39, 0.29) is 35.5 Å². The first-order valence-corrected chi connectivity index (χ1v) is 5.23. The van der Waals surface area contributed by atoms with Crippen molar-refractivity contribution < 1.29 is 23.9 Å². The summed E-state index contributed by atoms with van der Waals surface area (Å²) >= 11 is 0. The quantitative estimate of drug-likeness (QED) is 0.451. The summed E-state index contributed by atoms with van der Waals surface area (Å²) in [5.41, 5.74) is -0.250. The number of hydrogen-bond donors (Lipinski definition) is 0. The summed E-state index contributed by atoms with van der Waals surface area (Å²) in [5.74, 6) is -0.433. The molecule has 1 aliphatic rings. The molecule has 0 N–H and O–H groups in total. The van der Waals surface area contributed by atoms with Gasteiger partial charge in [0.25, 0.3) is 0 Å². The van der Waals surface area contributed by atoms with E-state index in [0.717, 1.165) is 6.07 Å². The van der Waals surface area contributed by atoms with Crippen LogP contribution in [0.15, 0.2) is 12.1 Å². The van der Waals surface area contributed by atoms with Gasteiger partial charge in [0.05, 0.1) is 17.6 Å². The monoisotopic (exact) mass is 253 g/mol. The van der Waals surface area contributed by atoms with Gasteiger partial charge in [-0.2, -0.15) is 0 Å². The first kappa shape index (κ1) is 12.2. The minimum atomic E-state index is -0.664. The number of benzene rings is 1. The Hall–Kier alpha value is -2.31. The molecule has 1 unspecified atom stereocenters. The lowest BCUT2D eigenvalue weighted by atomic mass is 10.1. The number of esters is 1. The van der Waals surface area contributed by atoms with Crippen LogP contribution in [-0.4, -0.2) is 30.7 Å². The van der Waals surface area contributed by atoms with Crippen molar-refractivity contribution in [2.24, 2.45) is 0 Å². The van der Waals surface area contributed by atoms with Crippen LogP contribution < -0.4 is 9.47 Å². The maximum Gasteiger partial charge on any atom is 0.338 e. The molecule has 1 heterocycles. The lowest BCUT2D eigenvalue weighted by Crippen LogP contribution is -2.26. The highest BCUT2D eigenvalue weighted by atomic mass is 16.6. The van der Waals surface area contributed by atoms with Crippen molar-refractivity contribution in [1.29, 1.82) is 0 Å². The van der Waals surface area contributed by atoms with Crippen LogP contribution in [0.3, 0.4) is 0 Å². The van der Waals surface area contributed by atoms with Gasteiger partial charge < -0.3 is 14.2 Å². The van der Waals surface area contributed by atoms with Gasteiger partial charge in [-0.1, -0.05) is 0 Å². The Bertz CT molecular complexity index is 513. The van der Waals surface area contributed by atoms with Crippen LogP contribution in [0.2, 0.25) is 0 Å². The van der Waals surface area contributed by atoms with Crippen molar-refractivity contribution in [3.05, 3.63) is 27.8 Å². The van der Waals surface area contributed by atoms with Crippen LogP contribution in [0.25, 0.3) is 0 Å². The molecular weight excluding hydrogens is 242 g/mol. The number of nitro groups is 1. The molecule has 0 saturated carbocycles. The van der Waals surface area contributed by atoms with Crippen molar-refractivity contribution in [2.45, 2.75) is 13.0 Å². The second-order valence-corrected chi connectivity index (χ2v) is 3.81. The molecule has 2 rings (SSSR count). The van der Waals surface area contributed by atoms with Gasteiger partial charge in [-0.15, -0.1) is 0 Å². The Morgan fingerprint density at radius 3 is 2.89 bits per heavy atom. The second kappa shape index (κ2) is 4.52. The Morgan fingerprint density at radius 2 is 2.28 bits per heavy atom. The van der Waals surface area contributed by atoms with Gasteiger partial charge in [-0.3, -0.25) is 10.1 Å². The molecule has 7 heteroatoms. The number of hydrogen-bond acceptors (Lipinski definition) is 6. The van der Waals surface area contributed by atoms with E-state index in [1.54, 1.807) is 6.92 Å². The lowest BCUT2D eigenvalue weighted by Gasteiger charge is -2.23. The minimum absolute atomic E-state index is 0.0470. The average Bonchev–Trinajstić information content (AvgIpc) is 2.35. The van der Waals surface area contributed by atoms with Crippen LogP contribution in [0.5, 0.6) is 11.5 Å². The van der Waals surface area contributed by atoms with Crippen LogP contribution in [0, 0.1) is 10.1 Å². The summed E-state index contributed by atoms with van der Waals surface area (Å²) in [6.07, 6.45) is -0.231. The van der Waals surface area contributed by atoms with Crippen molar-refractivity contribution in [3.8, 4) is 11.5 Å². The lowest BCUT2D eigenvalue weighted by molar-refractivity contribution is -0.386. The number of nitro benzene ring substituents is 1. The molecule has 96 valence electrons. The van der Waals surface area contributed by atoms with Crippen molar-refractivity contribution in [2.75, 3.05) is 13.7 Å². The highest BCUT2D eigenvalue weighted by molar-refractivity contribution is 5.91. The van der Waals surface area contributed by atoms with Gasteiger partial charge in [0.1, 0.15) is 12.7 Å². The van der Waals surface area contributed by atoms with E-state index < -0.39 is 10.9 Å². The summed E-state index contributed by atoms with van der Waals surface area (Å²) in [7, 11) is 1.20. The van der Waals surface area contributed by atoms with E-state index in [9.17, 15) is 14.9 Å². The average molecular weight is 253 g/mol. The van der Waals surface area contributed by atoms with Gasteiger partial charge in [-0.25, -0.2) is 4.79 Å². The SMILES string of the molecule is COC(=O)c1cc2c(c([N+](=O)[O-])c1)OCC(C)O2. The molecular formula is C11H11NO6. The zero-order valence-electron chi connectivity index (χ0n) is 9.84. The highest BCUT2D eigenvalue weighted by Gasteiger charge is 2.29. The molecule has 1 aliphatic heterocycles. The molecule has 0 spiro atoms. The van der Waals surface area contributed by atoms with Crippen molar-refractivity contribution in [1.82, 2.24) is 0 Å². The molecule has 0 fully saturated rings. The van der Waals surface area contributed by atoms with Crippen molar-refractivity contribution >= 4 is 11.7 Å².